The van der Waals surface area contributed by atoms with E-state index in [1.54, 1.807) is 20.1 Å². The lowest BCUT2D eigenvalue weighted by Crippen LogP contribution is -2.40. The SMILES string of the molecule is CC.COC(=N/C(C)OC)/C(=C\N)c1ccc(CCNC(=O)c2ccc(C)c(C3CC(=O)CC[C@@H](O)[C@@H](C)N(C)C3)c2O)cc1. The summed E-state index contributed by atoms with van der Waals surface area (Å²) in [7, 11) is 5.00. The van der Waals surface area contributed by atoms with Crippen molar-refractivity contribution in [3.8, 4) is 5.75 Å². The fraction of sp³-hybridized carbons (Fsp3) is 0.514. The van der Waals surface area contributed by atoms with Crippen molar-refractivity contribution in [2.45, 2.75) is 84.6 Å². The number of hydrogen-bond acceptors (Lipinski definition) is 9. The van der Waals surface area contributed by atoms with Gasteiger partial charge < -0.3 is 35.6 Å². The Balaban J connectivity index is 0.00000345. The number of aryl methyl sites for hydroxylation is 1. The second-order valence-corrected chi connectivity index (χ2v) is 11.2. The number of nitrogens with two attached hydrogens (primary N) is 1. The number of benzene rings is 2. The molecule has 10 nitrogen and oxygen atoms in total. The maximum absolute atomic E-state index is 13.2. The lowest BCUT2D eigenvalue weighted by Gasteiger charge is -2.31. The van der Waals surface area contributed by atoms with Gasteiger partial charge in [0.15, 0.2) is 0 Å². The average molecular weight is 625 g/mol. The standard InChI is InChI=1S/C33H46N4O6.C2H6/c1-20-7-13-27(31(40)30(20)25-17-26(38)12-14-29(39)21(2)37(4)19-25)32(41)35-16-15-23-8-10-24(11-9-23)28(18-34)33(43-6)36-22(3)42-5;1-2/h7-11,13,18,21-22,25,29,39-40H,12,14-17,19,34H2,1-6H3,(H,35,41);1-2H3/b28-18-,36-33+;/t21-,22?,25?,29-;/m1./s1. The fourth-order valence-electron chi connectivity index (χ4n) is 5.41. The van der Waals surface area contributed by atoms with Crippen LogP contribution in [0, 0.1) is 6.92 Å². The maximum Gasteiger partial charge on any atom is 0.255 e. The fourth-order valence-corrected chi connectivity index (χ4v) is 5.41. The molecule has 4 atom stereocenters. The summed E-state index contributed by atoms with van der Waals surface area (Å²) >= 11 is 0. The van der Waals surface area contributed by atoms with Crippen LogP contribution in [-0.4, -0.2) is 85.4 Å². The molecule has 0 radical (unpaired) electrons. The van der Waals surface area contributed by atoms with E-state index in [-0.39, 0.29) is 54.0 Å². The molecule has 0 spiro atoms. The van der Waals surface area contributed by atoms with Crippen molar-refractivity contribution in [3.63, 3.8) is 0 Å². The molecule has 1 amide bonds. The Hall–Kier alpha value is -3.73. The van der Waals surface area contributed by atoms with Gasteiger partial charge in [0.25, 0.3) is 5.91 Å². The lowest BCUT2D eigenvalue weighted by molar-refractivity contribution is -0.119. The highest BCUT2D eigenvalue weighted by Crippen LogP contribution is 2.36. The van der Waals surface area contributed by atoms with Crippen LogP contribution in [0.5, 0.6) is 5.75 Å². The number of likely N-dealkylation sites (N-methyl/N-ethyl adjacent to an activating group) is 1. The van der Waals surface area contributed by atoms with Crippen molar-refractivity contribution in [1.29, 1.82) is 0 Å². The van der Waals surface area contributed by atoms with Gasteiger partial charge in [0.1, 0.15) is 17.8 Å². The smallest absolute Gasteiger partial charge is 0.255 e. The van der Waals surface area contributed by atoms with E-state index in [1.165, 1.54) is 13.3 Å². The minimum Gasteiger partial charge on any atom is -0.507 e. The van der Waals surface area contributed by atoms with Crippen molar-refractivity contribution >= 4 is 23.2 Å². The van der Waals surface area contributed by atoms with Gasteiger partial charge in [0, 0.05) is 56.8 Å². The highest BCUT2D eigenvalue weighted by molar-refractivity contribution is 6.19. The van der Waals surface area contributed by atoms with E-state index in [4.69, 9.17) is 15.2 Å². The van der Waals surface area contributed by atoms with E-state index >= 15 is 0 Å². The Morgan fingerprint density at radius 3 is 2.47 bits per heavy atom. The van der Waals surface area contributed by atoms with Crippen LogP contribution in [0.1, 0.15) is 85.5 Å². The molecule has 2 aromatic rings. The van der Waals surface area contributed by atoms with Crippen molar-refractivity contribution in [2.24, 2.45) is 10.7 Å². The number of nitrogens with zero attached hydrogens (tertiary/aromatic N) is 2. The monoisotopic (exact) mass is 624 g/mol. The van der Waals surface area contributed by atoms with Crippen molar-refractivity contribution < 1.29 is 29.3 Å². The topological polar surface area (TPSA) is 147 Å². The van der Waals surface area contributed by atoms with Gasteiger partial charge in [-0.3, -0.25) is 9.59 Å². The number of amides is 1. The summed E-state index contributed by atoms with van der Waals surface area (Å²) in [4.78, 5) is 32.3. The quantitative estimate of drug-likeness (QED) is 0.235. The second-order valence-electron chi connectivity index (χ2n) is 11.2. The normalized spacial score (nSPS) is 20.6. The van der Waals surface area contributed by atoms with Crippen LogP contribution in [-0.2, 0) is 20.7 Å². The molecule has 2 unspecified atom stereocenters. The summed E-state index contributed by atoms with van der Waals surface area (Å²) in [6.45, 7) is 10.4. The Morgan fingerprint density at radius 1 is 1.20 bits per heavy atom. The summed E-state index contributed by atoms with van der Waals surface area (Å²) < 4.78 is 10.6. The number of aliphatic hydroxyl groups is 1. The summed E-state index contributed by atoms with van der Waals surface area (Å²) in [5.41, 5.74) is 9.93. The van der Waals surface area contributed by atoms with Crippen LogP contribution < -0.4 is 11.1 Å². The number of nitrogens with one attached hydrogen (secondary N) is 1. The van der Waals surface area contributed by atoms with E-state index in [0.29, 0.717) is 43.0 Å². The molecule has 5 N–H and O–H groups in total. The van der Waals surface area contributed by atoms with Crippen molar-refractivity contribution in [3.05, 3.63) is 70.4 Å². The van der Waals surface area contributed by atoms with Gasteiger partial charge >= 0.3 is 0 Å². The molecular formula is C35H52N4O6. The van der Waals surface area contributed by atoms with E-state index < -0.39 is 6.10 Å². The third kappa shape index (κ3) is 10.1. The number of aliphatic hydroxyl groups excluding tert-OH is 1. The summed E-state index contributed by atoms with van der Waals surface area (Å²) in [5, 5.41) is 24.6. The molecule has 1 saturated heterocycles. The molecule has 0 aliphatic carbocycles. The minimum atomic E-state index is -0.601. The molecule has 1 aliphatic rings. The van der Waals surface area contributed by atoms with Crippen LogP contribution in [0.4, 0.5) is 0 Å². The summed E-state index contributed by atoms with van der Waals surface area (Å²) in [6.07, 6.45) is 1.96. The van der Waals surface area contributed by atoms with E-state index in [0.717, 1.165) is 16.7 Å². The van der Waals surface area contributed by atoms with Gasteiger partial charge in [0.2, 0.25) is 5.90 Å². The molecule has 45 heavy (non-hydrogen) atoms. The number of hydrogen-bond donors (Lipinski definition) is 4. The number of phenolic OH excluding ortho intramolecular Hbond substituents is 1. The van der Waals surface area contributed by atoms with Crippen molar-refractivity contribution in [2.75, 3.05) is 34.4 Å². The third-order valence-corrected chi connectivity index (χ3v) is 8.24. The number of aliphatic imine (C=N–C) groups is 1. The van der Waals surface area contributed by atoms with E-state index in [2.05, 4.69) is 10.3 Å². The highest BCUT2D eigenvalue weighted by atomic mass is 16.5. The first-order valence-electron chi connectivity index (χ1n) is 15.7. The number of methoxy groups -OCH3 is 2. The molecule has 1 aliphatic heterocycles. The molecule has 1 fully saturated rings. The highest BCUT2D eigenvalue weighted by Gasteiger charge is 2.30. The largest absolute Gasteiger partial charge is 0.507 e. The van der Waals surface area contributed by atoms with Gasteiger partial charge in [0.05, 0.1) is 24.4 Å². The molecule has 0 aromatic heterocycles. The maximum atomic E-state index is 13.2. The third-order valence-electron chi connectivity index (χ3n) is 8.24. The van der Waals surface area contributed by atoms with E-state index in [1.807, 2.05) is 70.0 Å². The number of Topliss-reactive ketones (excluding diaryl/α,β-unsaturated/α-hetero) is 1. The van der Waals surface area contributed by atoms with Crippen LogP contribution >= 0.6 is 0 Å². The lowest BCUT2D eigenvalue weighted by atomic mass is 9.87. The number of ketones is 1. The van der Waals surface area contributed by atoms with Crippen LogP contribution in [0.25, 0.3) is 5.57 Å². The van der Waals surface area contributed by atoms with Crippen molar-refractivity contribution in [1.82, 2.24) is 10.2 Å². The summed E-state index contributed by atoms with van der Waals surface area (Å²) in [6, 6.07) is 11.0. The van der Waals surface area contributed by atoms with Crippen LogP contribution in [0.3, 0.4) is 0 Å². The summed E-state index contributed by atoms with van der Waals surface area (Å²) in [5.74, 6) is -0.378. The average Bonchev–Trinajstić information content (AvgIpc) is 3.08. The molecule has 10 heteroatoms. The number of phenols is 1. The van der Waals surface area contributed by atoms with Gasteiger partial charge in [-0.2, -0.15) is 0 Å². The van der Waals surface area contributed by atoms with Crippen LogP contribution in [0.2, 0.25) is 0 Å². The molecule has 1 heterocycles. The molecule has 2 aromatic carbocycles. The van der Waals surface area contributed by atoms with E-state index in [9.17, 15) is 19.8 Å². The Labute approximate surface area is 268 Å². The molecule has 0 saturated carbocycles. The number of carbonyl (C=O) groups excluding carboxylic acids is 2. The Kier molecular flexibility index (Phi) is 15.2. The van der Waals surface area contributed by atoms with Gasteiger partial charge in [-0.15, -0.1) is 0 Å². The first kappa shape index (κ1) is 37.5. The minimum absolute atomic E-state index is 0.0376. The zero-order chi connectivity index (χ0) is 33.7. The Bertz CT molecular complexity index is 1320. The molecule has 248 valence electrons. The predicted molar refractivity (Wildman–Crippen MR) is 179 cm³/mol. The molecular weight excluding hydrogens is 572 g/mol. The molecule has 3 rings (SSSR count). The zero-order valence-electron chi connectivity index (χ0n) is 28.1. The number of rotatable bonds is 9. The molecule has 0 bridgehead atoms. The van der Waals surface area contributed by atoms with Gasteiger partial charge in [-0.1, -0.05) is 44.2 Å². The Morgan fingerprint density at radius 2 is 1.87 bits per heavy atom. The number of carbonyl (C=O) groups is 2. The van der Waals surface area contributed by atoms with Gasteiger partial charge in [-0.25, -0.2) is 4.99 Å². The number of ether oxygens (including phenoxy) is 2. The van der Waals surface area contributed by atoms with Crippen LogP contribution in [0.15, 0.2) is 47.6 Å². The second kappa shape index (κ2) is 18.3. The first-order valence-corrected chi connectivity index (χ1v) is 15.7. The number of aromatic hydroxyl groups is 1. The zero-order valence-corrected chi connectivity index (χ0v) is 28.1. The van der Waals surface area contributed by atoms with Gasteiger partial charge in [-0.05, 0) is 63.4 Å². The first-order chi connectivity index (χ1) is 21.5. The predicted octanol–water partition coefficient (Wildman–Crippen LogP) is 4.55.